The Bertz CT molecular complexity index is 705. The number of aliphatic hydroxyl groups is 1. The van der Waals surface area contributed by atoms with Crippen LogP contribution in [0.4, 0.5) is 4.39 Å². The van der Waals surface area contributed by atoms with E-state index in [1.165, 1.54) is 25.2 Å². The fraction of sp³-hybridized carbons (Fsp3) is 0.571. The molecule has 3 rings (SSSR count). The second-order valence-corrected chi connectivity index (χ2v) is 7.40. The largest absolute Gasteiger partial charge is 0.494 e. The molecule has 0 saturated heterocycles. The van der Waals surface area contributed by atoms with Crippen LogP contribution in [0.15, 0.2) is 35.0 Å². The Morgan fingerprint density at radius 2 is 2.22 bits per heavy atom. The Labute approximate surface area is 160 Å². The molecule has 3 atom stereocenters. The van der Waals surface area contributed by atoms with Gasteiger partial charge in [0.05, 0.1) is 20.3 Å². The maximum Gasteiger partial charge on any atom is 0.165 e. The van der Waals surface area contributed by atoms with Gasteiger partial charge >= 0.3 is 0 Å². The van der Waals surface area contributed by atoms with Crippen molar-refractivity contribution in [3.8, 4) is 5.75 Å². The summed E-state index contributed by atoms with van der Waals surface area (Å²) in [5.41, 5.74) is 2.51. The molecule has 1 aliphatic carbocycles. The van der Waals surface area contributed by atoms with E-state index in [4.69, 9.17) is 9.84 Å². The Balaban J connectivity index is 1.53. The zero-order valence-electron chi connectivity index (χ0n) is 16.2. The van der Waals surface area contributed by atoms with Crippen LogP contribution in [0.5, 0.6) is 5.75 Å². The molecule has 6 heteroatoms. The summed E-state index contributed by atoms with van der Waals surface area (Å²) in [7, 11) is 1.49. The van der Waals surface area contributed by atoms with Gasteiger partial charge in [0, 0.05) is 24.7 Å². The number of amidine groups is 1. The number of hydrogen-bond donors (Lipinski definition) is 3. The predicted octanol–water partition coefficient (Wildman–Crippen LogP) is 3.31. The van der Waals surface area contributed by atoms with Crippen molar-refractivity contribution in [3.05, 3.63) is 41.4 Å². The lowest BCUT2D eigenvalue weighted by atomic mass is 9.92. The highest BCUT2D eigenvalue weighted by Gasteiger charge is 2.29. The highest BCUT2D eigenvalue weighted by Crippen LogP contribution is 2.35. The van der Waals surface area contributed by atoms with Gasteiger partial charge in [0.2, 0.25) is 0 Å². The lowest BCUT2D eigenvalue weighted by molar-refractivity contribution is 0.306. The maximum absolute atomic E-state index is 13.6. The normalized spacial score (nSPS) is 25.2. The molecule has 1 aromatic carbocycles. The average molecular weight is 375 g/mol. The summed E-state index contributed by atoms with van der Waals surface area (Å²) in [6.45, 7) is 2.67. The van der Waals surface area contributed by atoms with Gasteiger partial charge in [-0.05, 0) is 56.2 Å². The number of benzene rings is 1. The van der Waals surface area contributed by atoms with Crippen molar-refractivity contribution in [3.63, 3.8) is 0 Å². The Morgan fingerprint density at radius 1 is 1.37 bits per heavy atom. The van der Waals surface area contributed by atoms with E-state index in [1.54, 1.807) is 6.07 Å². The average Bonchev–Trinajstić information content (AvgIpc) is 3.15. The fourth-order valence-electron chi connectivity index (χ4n) is 4.08. The molecule has 3 unspecified atom stereocenters. The van der Waals surface area contributed by atoms with Gasteiger partial charge in [0.25, 0.3) is 0 Å². The quantitative estimate of drug-likeness (QED) is 0.684. The van der Waals surface area contributed by atoms with E-state index >= 15 is 0 Å². The number of halogens is 1. The zero-order chi connectivity index (χ0) is 19.2. The Kier molecular flexibility index (Phi) is 6.85. The van der Waals surface area contributed by atoms with Crippen LogP contribution in [-0.2, 0) is 0 Å². The van der Waals surface area contributed by atoms with Crippen molar-refractivity contribution >= 4 is 5.84 Å². The molecule has 148 valence electrons. The van der Waals surface area contributed by atoms with Gasteiger partial charge < -0.3 is 20.5 Å². The third-order valence-corrected chi connectivity index (χ3v) is 5.60. The maximum atomic E-state index is 13.6. The first kappa shape index (κ1) is 19.8. The van der Waals surface area contributed by atoms with Gasteiger partial charge in [0.1, 0.15) is 5.84 Å². The van der Waals surface area contributed by atoms with E-state index < -0.39 is 0 Å². The second kappa shape index (κ2) is 9.33. The van der Waals surface area contributed by atoms with E-state index in [1.807, 2.05) is 6.07 Å². The molecular formula is C21H30FN3O2. The van der Waals surface area contributed by atoms with E-state index in [9.17, 15) is 4.39 Å². The van der Waals surface area contributed by atoms with Crippen LogP contribution in [0, 0.1) is 11.7 Å². The summed E-state index contributed by atoms with van der Waals surface area (Å²) in [4.78, 5) is 4.33. The van der Waals surface area contributed by atoms with Crippen molar-refractivity contribution in [2.24, 2.45) is 10.9 Å². The Morgan fingerprint density at radius 3 is 2.93 bits per heavy atom. The summed E-state index contributed by atoms with van der Waals surface area (Å²) < 4.78 is 18.7. The first-order valence-corrected chi connectivity index (χ1v) is 9.79. The molecule has 0 aromatic heterocycles. The number of aliphatic hydroxyl groups excluding tert-OH is 1. The van der Waals surface area contributed by atoms with E-state index in [0.717, 1.165) is 37.1 Å². The molecule has 1 fully saturated rings. The van der Waals surface area contributed by atoms with Crippen molar-refractivity contribution in [1.29, 1.82) is 0 Å². The van der Waals surface area contributed by atoms with Gasteiger partial charge in [-0.1, -0.05) is 11.6 Å². The number of nitrogens with one attached hydrogen (secondary N) is 2. The molecule has 1 aromatic rings. The van der Waals surface area contributed by atoms with Crippen LogP contribution in [-0.4, -0.2) is 37.2 Å². The van der Waals surface area contributed by atoms with Crippen molar-refractivity contribution in [2.75, 3.05) is 20.3 Å². The standard InChI is InChI=1S/C21H30FN3O2/c1-14(15-4-7-19(22)20(12-15)27-2)25-18-6-3-16(11-18)17-5-8-21(24-13-17)23-9-10-26/h4,7,12-14,16,18,25-26H,3,5-6,8-11H2,1-2H3,(H,23,24). The van der Waals surface area contributed by atoms with Crippen molar-refractivity contribution < 1.29 is 14.2 Å². The van der Waals surface area contributed by atoms with E-state index in [2.05, 4.69) is 28.7 Å². The number of rotatable bonds is 7. The molecule has 1 aliphatic heterocycles. The number of allylic oxidation sites excluding steroid dienone is 1. The van der Waals surface area contributed by atoms with Gasteiger partial charge in [-0.25, -0.2) is 4.39 Å². The summed E-state index contributed by atoms with van der Waals surface area (Å²) in [6.07, 6.45) is 7.54. The van der Waals surface area contributed by atoms with Gasteiger partial charge in [-0.2, -0.15) is 0 Å². The van der Waals surface area contributed by atoms with Gasteiger partial charge in [0.15, 0.2) is 11.6 Å². The van der Waals surface area contributed by atoms with Gasteiger partial charge in [-0.15, -0.1) is 0 Å². The van der Waals surface area contributed by atoms with Gasteiger partial charge in [-0.3, -0.25) is 4.99 Å². The summed E-state index contributed by atoms with van der Waals surface area (Å²) in [6, 6.07) is 5.69. The Hall–Kier alpha value is -1.92. The van der Waals surface area contributed by atoms with Crippen LogP contribution >= 0.6 is 0 Å². The molecule has 2 aliphatic rings. The molecule has 1 saturated carbocycles. The SMILES string of the molecule is COc1cc(C(C)NC2CCC(C3=CNC(=NCCO)CC3)C2)ccc1F. The summed E-state index contributed by atoms with van der Waals surface area (Å²) in [5.74, 6) is 1.54. The van der Waals surface area contributed by atoms with Crippen LogP contribution in [0.3, 0.4) is 0 Å². The fourth-order valence-corrected chi connectivity index (χ4v) is 4.08. The minimum absolute atomic E-state index is 0.0931. The number of ether oxygens (including phenoxy) is 1. The van der Waals surface area contributed by atoms with E-state index in [0.29, 0.717) is 24.3 Å². The lowest BCUT2D eigenvalue weighted by Crippen LogP contribution is -2.30. The number of hydrogen-bond acceptors (Lipinski definition) is 4. The summed E-state index contributed by atoms with van der Waals surface area (Å²) >= 11 is 0. The number of nitrogens with zero attached hydrogens (tertiary/aromatic N) is 1. The monoisotopic (exact) mass is 375 g/mol. The third kappa shape index (κ3) is 5.08. The molecule has 1 heterocycles. The van der Waals surface area contributed by atoms with Crippen LogP contribution in [0.1, 0.15) is 50.6 Å². The minimum Gasteiger partial charge on any atom is -0.494 e. The molecule has 0 bridgehead atoms. The van der Waals surface area contributed by atoms with Crippen LogP contribution in [0.25, 0.3) is 0 Å². The predicted molar refractivity (Wildman–Crippen MR) is 105 cm³/mol. The molecule has 0 amide bonds. The number of aliphatic imine (C=N–C) groups is 1. The zero-order valence-corrected chi connectivity index (χ0v) is 16.2. The minimum atomic E-state index is -0.326. The highest BCUT2D eigenvalue weighted by molar-refractivity contribution is 5.84. The molecule has 5 nitrogen and oxygen atoms in total. The van der Waals surface area contributed by atoms with E-state index in [-0.39, 0.29) is 18.5 Å². The summed E-state index contributed by atoms with van der Waals surface area (Å²) in [5, 5.41) is 15.8. The van der Waals surface area contributed by atoms with Crippen LogP contribution in [0.2, 0.25) is 0 Å². The first-order chi connectivity index (χ1) is 13.1. The molecule has 0 radical (unpaired) electrons. The topological polar surface area (TPSA) is 65.9 Å². The smallest absolute Gasteiger partial charge is 0.165 e. The molecule has 27 heavy (non-hydrogen) atoms. The molecule has 3 N–H and O–H groups in total. The lowest BCUT2D eigenvalue weighted by Gasteiger charge is -2.23. The third-order valence-electron chi connectivity index (χ3n) is 5.60. The molecule has 0 spiro atoms. The van der Waals surface area contributed by atoms with Crippen molar-refractivity contribution in [1.82, 2.24) is 10.6 Å². The first-order valence-electron chi connectivity index (χ1n) is 9.79. The van der Waals surface area contributed by atoms with Crippen LogP contribution < -0.4 is 15.4 Å². The van der Waals surface area contributed by atoms with Crippen molar-refractivity contribution in [2.45, 2.75) is 51.1 Å². The highest BCUT2D eigenvalue weighted by atomic mass is 19.1. The molecular weight excluding hydrogens is 345 g/mol. The second-order valence-electron chi connectivity index (χ2n) is 7.40. The number of methoxy groups -OCH3 is 1.